The maximum atomic E-state index is 12.0. The molecule has 0 radical (unpaired) electrons. The molecule has 1 heterocycles. The van der Waals surface area contributed by atoms with Crippen LogP contribution in [-0.4, -0.2) is 51.8 Å². The zero-order valence-electron chi connectivity index (χ0n) is 16.7. The molecule has 0 bridgehead atoms. The number of aromatic nitrogens is 1. The van der Waals surface area contributed by atoms with Crippen LogP contribution in [0.3, 0.4) is 0 Å². The number of rotatable bonds is 9. The summed E-state index contributed by atoms with van der Waals surface area (Å²) in [5.74, 6) is 1.18. The SMILES string of the molecule is CN=C(NCCc1c[nH]c2cc(C)ccc12)NCCS(=O)(=O)NCC1CCC1. The number of H-pyrrole nitrogens is 1. The summed E-state index contributed by atoms with van der Waals surface area (Å²) in [7, 11) is -1.55. The molecule has 2 aromatic rings. The van der Waals surface area contributed by atoms with Gasteiger partial charge < -0.3 is 15.6 Å². The van der Waals surface area contributed by atoms with Gasteiger partial charge in [-0.05, 0) is 49.3 Å². The molecule has 1 fully saturated rings. The number of sulfonamides is 1. The Bertz CT molecular complexity index is 916. The van der Waals surface area contributed by atoms with Crippen LogP contribution in [0.25, 0.3) is 10.9 Å². The minimum atomic E-state index is -3.24. The molecular weight excluding hydrogens is 374 g/mol. The summed E-state index contributed by atoms with van der Waals surface area (Å²) in [5, 5.41) is 7.56. The van der Waals surface area contributed by atoms with Crippen molar-refractivity contribution in [3.8, 4) is 0 Å². The fraction of sp³-hybridized carbons (Fsp3) is 0.550. The third kappa shape index (κ3) is 5.72. The van der Waals surface area contributed by atoms with Crippen LogP contribution in [0.5, 0.6) is 0 Å². The van der Waals surface area contributed by atoms with Crippen molar-refractivity contribution in [1.82, 2.24) is 20.3 Å². The lowest BCUT2D eigenvalue weighted by Crippen LogP contribution is -2.42. The van der Waals surface area contributed by atoms with Crippen molar-refractivity contribution < 1.29 is 8.42 Å². The molecule has 1 aromatic heterocycles. The van der Waals surface area contributed by atoms with Gasteiger partial charge in [0.05, 0.1) is 5.75 Å². The first-order chi connectivity index (χ1) is 13.5. The third-order valence-corrected chi connectivity index (χ3v) is 6.66. The Morgan fingerprint density at radius 3 is 2.75 bits per heavy atom. The second-order valence-corrected chi connectivity index (χ2v) is 9.43. The highest BCUT2D eigenvalue weighted by atomic mass is 32.2. The molecule has 0 spiro atoms. The van der Waals surface area contributed by atoms with Gasteiger partial charge in [0.2, 0.25) is 10.0 Å². The zero-order chi connectivity index (χ0) is 20.0. The van der Waals surface area contributed by atoms with Crippen LogP contribution in [0.1, 0.15) is 30.4 Å². The molecule has 7 nitrogen and oxygen atoms in total. The van der Waals surface area contributed by atoms with Crippen LogP contribution in [0.2, 0.25) is 0 Å². The summed E-state index contributed by atoms with van der Waals surface area (Å²) in [5.41, 5.74) is 3.64. The van der Waals surface area contributed by atoms with Crippen LogP contribution >= 0.6 is 0 Å². The first kappa shape index (κ1) is 20.7. The van der Waals surface area contributed by atoms with Crippen molar-refractivity contribution in [3.63, 3.8) is 0 Å². The lowest BCUT2D eigenvalue weighted by Gasteiger charge is -2.25. The highest BCUT2D eigenvalue weighted by Crippen LogP contribution is 2.25. The Morgan fingerprint density at radius 1 is 1.25 bits per heavy atom. The molecule has 0 atom stereocenters. The van der Waals surface area contributed by atoms with Gasteiger partial charge in [0.1, 0.15) is 0 Å². The smallest absolute Gasteiger partial charge is 0.213 e. The van der Waals surface area contributed by atoms with Gasteiger partial charge in [-0.3, -0.25) is 4.99 Å². The van der Waals surface area contributed by atoms with Gasteiger partial charge in [0.25, 0.3) is 0 Å². The zero-order valence-corrected chi connectivity index (χ0v) is 17.5. The average Bonchev–Trinajstić information content (AvgIpc) is 3.01. The fourth-order valence-electron chi connectivity index (χ4n) is 3.36. The van der Waals surface area contributed by atoms with E-state index in [4.69, 9.17) is 0 Å². The average molecular weight is 406 g/mol. The second kappa shape index (κ2) is 9.43. The van der Waals surface area contributed by atoms with Crippen molar-refractivity contribution >= 4 is 26.9 Å². The number of aromatic amines is 1. The minimum Gasteiger partial charge on any atom is -0.361 e. The molecule has 1 aliphatic carbocycles. The van der Waals surface area contributed by atoms with Crippen molar-refractivity contribution in [1.29, 1.82) is 0 Å². The van der Waals surface area contributed by atoms with Gasteiger partial charge >= 0.3 is 0 Å². The Balaban J connectivity index is 1.39. The maximum absolute atomic E-state index is 12.0. The number of aliphatic imine (C=N–C) groups is 1. The van der Waals surface area contributed by atoms with Crippen LogP contribution in [0, 0.1) is 12.8 Å². The number of hydrogen-bond donors (Lipinski definition) is 4. The Labute approximate surface area is 167 Å². The minimum absolute atomic E-state index is 0.0439. The van der Waals surface area contributed by atoms with E-state index in [-0.39, 0.29) is 5.75 Å². The number of aryl methyl sites for hydroxylation is 1. The molecule has 8 heteroatoms. The topological polar surface area (TPSA) is 98.4 Å². The number of benzene rings is 1. The van der Waals surface area contributed by atoms with E-state index < -0.39 is 10.0 Å². The highest BCUT2D eigenvalue weighted by molar-refractivity contribution is 7.89. The van der Waals surface area contributed by atoms with E-state index in [0.29, 0.717) is 31.5 Å². The first-order valence-corrected chi connectivity index (χ1v) is 11.6. The van der Waals surface area contributed by atoms with Crippen LogP contribution in [0.4, 0.5) is 0 Å². The molecule has 28 heavy (non-hydrogen) atoms. The number of nitrogens with one attached hydrogen (secondary N) is 4. The first-order valence-electron chi connectivity index (χ1n) is 9.95. The van der Waals surface area contributed by atoms with E-state index in [1.165, 1.54) is 22.9 Å². The Kier molecular flexibility index (Phi) is 6.96. The molecule has 154 valence electrons. The fourth-order valence-corrected chi connectivity index (χ4v) is 4.37. The van der Waals surface area contributed by atoms with Crippen molar-refractivity contribution in [3.05, 3.63) is 35.5 Å². The monoisotopic (exact) mass is 405 g/mol. The molecular formula is C20H31N5O2S. The Hall–Kier alpha value is -2.06. The predicted molar refractivity (Wildman–Crippen MR) is 115 cm³/mol. The van der Waals surface area contributed by atoms with Crippen molar-refractivity contribution in [2.45, 2.75) is 32.6 Å². The molecule has 1 aromatic carbocycles. The van der Waals surface area contributed by atoms with Gasteiger partial charge in [-0.1, -0.05) is 18.6 Å². The number of nitrogens with zero attached hydrogens (tertiary/aromatic N) is 1. The van der Waals surface area contributed by atoms with Crippen LogP contribution in [0.15, 0.2) is 29.4 Å². The summed E-state index contributed by atoms with van der Waals surface area (Å²) in [4.78, 5) is 7.48. The largest absolute Gasteiger partial charge is 0.361 e. The summed E-state index contributed by atoms with van der Waals surface area (Å²) < 4.78 is 26.8. The van der Waals surface area contributed by atoms with Gasteiger partial charge in [-0.2, -0.15) is 0 Å². The lowest BCUT2D eigenvalue weighted by atomic mass is 9.86. The summed E-state index contributed by atoms with van der Waals surface area (Å²) in [6.07, 6.45) is 6.38. The Morgan fingerprint density at radius 2 is 2.04 bits per heavy atom. The van der Waals surface area contributed by atoms with Crippen LogP contribution < -0.4 is 15.4 Å². The molecule has 0 aliphatic heterocycles. The quantitative estimate of drug-likeness (QED) is 0.378. The van der Waals surface area contributed by atoms with E-state index in [1.54, 1.807) is 7.05 Å². The van der Waals surface area contributed by atoms with E-state index in [0.717, 1.165) is 24.8 Å². The summed E-state index contributed by atoms with van der Waals surface area (Å²) in [6, 6.07) is 6.41. The van der Waals surface area contributed by atoms with E-state index in [2.05, 4.69) is 50.5 Å². The number of fused-ring (bicyclic) bond motifs is 1. The number of guanidine groups is 1. The van der Waals surface area contributed by atoms with Gasteiger partial charge in [0.15, 0.2) is 5.96 Å². The van der Waals surface area contributed by atoms with Crippen LogP contribution in [-0.2, 0) is 16.4 Å². The van der Waals surface area contributed by atoms with E-state index >= 15 is 0 Å². The molecule has 0 saturated heterocycles. The summed E-state index contributed by atoms with van der Waals surface area (Å²) >= 11 is 0. The highest BCUT2D eigenvalue weighted by Gasteiger charge is 2.20. The maximum Gasteiger partial charge on any atom is 0.213 e. The predicted octanol–water partition coefficient (Wildman–Crippen LogP) is 1.90. The van der Waals surface area contributed by atoms with Gasteiger partial charge in [-0.15, -0.1) is 0 Å². The molecule has 1 saturated carbocycles. The van der Waals surface area contributed by atoms with Crippen molar-refractivity contribution in [2.24, 2.45) is 10.9 Å². The van der Waals surface area contributed by atoms with Gasteiger partial charge in [0, 0.05) is 43.8 Å². The number of hydrogen-bond acceptors (Lipinski definition) is 3. The lowest BCUT2D eigenvalue weighted by molar-refractivity contribution is 0.316. The molecule has 3 rings (SSSR count). The van der Waals surface area contributed by atoms with Crippen molar-refractivity contribution in [2.75, 3.05) is 32.4 Å². The third-order valence-electron chi connectivity index (χ3n) is 5.31. The standard InChI is InChI=1S/C20H31N5O2S/c1-15-6-7-18-17(14-24-19(18)12-15)8-9-22-20(21-2)23-10-11-28(26,27)25-13-16-4-3-5-16/h6-7,12,14,16,24-25H,3-5,8-11,13H2,1-2H3,(H2,21,22,23). The molecule has 0 amide bonds. The molecule has 4 N–H and O–H groups in total. The normalized spacial score (nSPS) is 15.6. The molecule has 1 aliphatic rings. The van der Waals surface area contributed by atoms with E-state index in [9.17, 15) is 8.42 Å². The molecule has 0 unspecified atom stereocenters. The second-order valence-electron chi connectivity index (χ2n) is 7.50. The van der Waals surface area contributed by atoms with E-state index in [1.807, 2.05) is 6.20 Å². The van der Waals surface area contributed by atoms with Gasteiger partial charge in [-0.25, -0.2) is 13.1 Å². The summed E-state index contributed by atoms with van der Waals surface area (Å²) in [6.45, 7) is 3.69.